The molecule has 0 bridgehead atoms. The summed E-state index contributed by atoms with van der Waals surface area (Å²) in [5.41, 5.74) is 3.15. The molecule has 5 nitrogen and oxygen atoms in total. The lowest BCUT2D eigenvalue weighted by molar-refractivity contribution is 0.406. The molecule has 3 aromatic rings. The molecule has 4 rings (SSSR count). The molecule has 5 heteroatoms. The van der Waals surface area contributed by atoms with Crippen molar-refractivity contribution in [2.24, 2.45) is 0 Å². The van der Waals surface area contributed by atoms with Crippen LogP contribution in [0, 0.1) is 0 Å². The zero-order chi connectivity index (χ0) is 16.4. The van der Waals surface area contributed by atoms with Crippen molar-refractivity contribution in [3.05, 3.63) is 48.4 Å². The first kappa shape index (κ1) is 14.9. The highest BCUT2D eigenvalue weighted by Crippen LogP contribution is 2.42. The fourth-order valence-electron chi connectivity index (χ4n) is 3.51. The van der Waals surface area contributed by atoms with Crippen molar-refractivity contribution in [3.8, 4) is 5.75 Å². The number of ether oxygens (including phenoxy) is 1. The highest BCUT2D eigenvalue weighted by Gasteiger charge is 2.24. The van der Waals surface area contributed by atoms with Crippen LogP contribution in [0.15, 0.2) is 42.9 Å². The number of nitrogens with one attached hydrogen (secondary N) is 1. The van der Waals surface area contributed by atoms with Gasteiger partial charge in [0.05, 0.1) is 12.6 Å². The number of aromatic nitrogens is 3. The molecule has 0 atom stereocenters. The number of anilines is 2. The third-order valence-corrected chi connectivity index (χ3v) is 4.67. The van der Waals surface area contributed by atoms with Crippen LogP contribution in [0.25, 0.3) is 10.9 Å². The lowest BCUT2D eigenvalue weighted by Gasteiger charge is -2.17. The molecule has 0 spiro atoms. The van der Waals surface area contributed by atoms with Gasteiger partial charge < -0.3 is 10.1 Å². The molecule has 1 aliphatic carbocycles. The van der Waals surface area contributed by atoms with Crippen molar-refractivity contribution in [2.45, 2.75) is 31.6 Å². The van der Waals surface area contributed by atoms with Crippen molar-refractivity contribution in [1.82, 2.24) is 15.0 Å². The second-order valence-corrected chi connectivity index (χ2v) is 6.16. The molecule has 0 unspecified atom stereocenters. The third-order valence-electron chi connectivity index (χ3n) is 4.67. The maximum Gasteiger partial charge on any atom is 0.227 e. The number of hydrogen-bond acceptors (Lipinski definition) is 5. The van der Waals surface area contributed by atoms with Crippen LogP contribution in [0.2, 0.25) is 0 Å². The van der Waals surface area contributed by atoms with Crippen LogP contribution in [-0.2, 0) is 0 Å². The molecule has 1 N–H and O–H groups in total. The Hall–Kier alpha value is -2.69. The van der Waals surface area contributed by atoms with Crippen LogP contribution in [0.4, 0.5) is 11.6 Å². The predicted octanol–water partition coefficient (Wildman–Crippen LogP) is 4.43. The highest BCUT2D eigenvalue weighted by molar-refractivity contribution is 5.85. The summed E-state index contributed by atoms with van der Waals surface area (Å²) in [7, 11) is 1.73. The van der Waals surface area contributed by atoms with E-state index in [0.717, 1.165) is 22.3 Å². The van der Waals surface area contributed by atoms with E-state index in [1.165, 1.54) is 31.2 Å². The Morgan fingerprint density at radius 3 is 2.62 bits per heavy atom. The summed E-state index contributed by atoms with van der Waals surface area (Å²) in [5.74, 6) is 2.05. The smallest absolute Gasteiger partial charge is 0.227 e. The molecule has 24 heavy (non-hydrogen) atoms. The fraction of sp³-hybridized carbons (Fsp3) is 0.316. The van der Waals surface area contributed by atoms with Gasteiger partial charge in [-0.3, -0.25) is 4.98 Å². The van der Waals surface area contributed by atoms with E-state index < -0.39 is 0 Å². The SMILES string of the molecule is COc1ccc2cnc(Nc3ccncc3)nc2c1C1CCCC1. The van der Waals surface area contributed by atoms with E-state index in [0.29, 0.717) is 11.9 Å². The molecule has 0 radical (unpaired) electrons. The van der Waals surface area contributed by atoms with Gasteiger partial charge in [-0.25, -0.2) is 9.97 Å². The summed E-state index contributed by atoms with van der Waals surface area (Å²) in [6.45, 7) is 0. The maximum absolute atomic E-state index is 5.63. The zero-order valence-corrected chi connectivity index (χ0v) is 13.7. The number of hydrogen-bond donors (Lipinski definition) is 1. The van der Waals surface area contributed by atoms with Gasteiger partial charge in [0.15, 0.2) is 0 Å². The number of rotatable bonds is 4. The van der Waals surface area contributed by atoms with E-state index in [1.54, 1.807) is 19.5 Å². The van der Waals surface area contributed by atoms with Crippen molar-refractivity contribution in [1.29, 1.82) is 0 Å². The molecule has 1 saturated carbocycles. The quantitative estimate of drug-likeness (QED) is 0.770. The third kappa shape index (κ3) is 2.77. The minimum atomic E-state index is 0.521. The van der Waals surface area contributed by atoms with Gasteiger partial charge in [-0.1, -0.05) is 12.8 Å². The molecule has 0 amide bonds. The second-order valence-electron chi connectivity index (χ2n) is 6.16. The van der Waals surface area contributed by atoms with Crippen molar-refractivity contribution >= 4 is 22.5 Å². The first-order valence-electron chi connectivity index (χ1n) is 8.36. The summed E-state index contributed by atoms with van der Waals surface area (Å²) in [4.78, 5) is 13.3. The van der Waals surface area contributed by atoms with E-state index in [-0.39, 0.29) is 0 Å². The molecule has 2 aromatic heterocycles. The molecule has 0 saturated heterocycles. The maximum atomic E-state index is 5.63. The molecular formula is C19H20N4O. The average Bonchev–Trinajstić information content (AvgIpc) is 3.15. The van der Waals surface area contributed by atoms with Gasteiger partial charge in [0.1, 0.15) is 5.75 Å². The summed E-state index contributed by atoms with van der Waals surface area (Å²) in [5, 5.41) is 4.30. The van der Waals surface area contributed by atoms with Gasteiger partial charge >= 0.3 is 0 Å². The van der Waals surface area contributed by atoms with Crippen molar-refractivity contribution < 1.29 is 4.74 Å². The van der Waals surface area contributed by atoms with Crippen LogP contribution in [0.1, 0.15) is 37.2 Å². The Kier molecular flexibility index (Phi) is 3.99. The molecular weight excluding hydrogens is 300 g/mol. The number of methoxy groups -OCH3 is 1. The number of nitrogens with zero attached hydrogens (tertiary/aromatic N) is 3. The lowest BCUT2D eigenvalue weighted by atomic mass is 9.94. The van der Waals surface area contributed by atoms with Gasteiger partial charge in [-0.05, 0) is 43.0 Å². The van der Waals surface area contributed by atoms with Crippen LogP contribution >= 0.6 is 0 Å². The molecule has 2 heterocycles. The normalized spacial score (nSPS) is 14.9. The summed E-state index contributed by atoms with van der Waals surface area (Å²) in [6.07, 6.45) is 10.3. The Morgan fingerprint density at radius 1 is 1.08 bits per heavy atom. The van der Waals surface area contributed by atoms with E-state index in [2.05, 4.69) is 15.3 Å². The van der Waals surface area contributed by atoms with Gasteiger partial charge in [0, 0.05) is 35.2 Å². The minimum Gasteiger partial charge on any atom is -0.496 e. The van der Waals surface area contributed by atoms with Gasteiger partial charge in [0.25, 0.3) is 0 Å². The second kappa shape index (κ2) is 6.43. The topological polar surface area (TPSA) is 59.9 Å². The Bertz CT molecular complexity index is 845. The molecule has 1 aromatic carbocycles. The summed E-state index contributed by atoms with van der Waals surface area (Å²) >= 11 is 0. The van der Waals surface area contributed by atoms with Crippen LogP contribution in [0.5, 0.6) is 5.75 Å². The van der Waals surface area contributed by atoms with Crippen LogP contribution < -0.4 is 10.1 Å². The van der Waals surface area contributed by atoms with E-state index >= 15 is 0 Å². The monoisotopic (exact) mass is 320 g/mol. The van der Waals surface area contributed by atoms with Gasteiger partial charge in [-0.2, -0.15) is 0 Å². The lowest BCUT2D eigenvalue weighted by Crippen LogP contribution is -2.03. The van der Waals surface area contributed by atoms with E-state index in [4.69, 9.17) is 9.72 Å². The zero-order valence-electron chi connectivity index (χ0n) is 13.7. The Balaban J connectivity index is 1.80. The van der Waals surface area contributed by atoms with E-state index in [1.807, 2.05) is 30.5 Å². The van der Waals surface area contributed by atoms with Gasteiger partial charge in [0.2, 0.25) is 5.95 Å². The first-order valence-corrected chi connectivity index (χ1v) is 8.36. The fourth-order valence-corrected chi connectivity index (χ4v) is 3.51. The average molecular weight is 320 g/mol. The summed E-state index contributed by atoms with van der Waals surface area (Å²) < 4.78 is 5.63. The largest absolute Gasteiger partial charge is 0.496 e. The molecule has 1 fully saturated rings. The number of benzene rings is 1. The number of pyridine rings is 1. The minimum absolute atomic E-state index is 0.521. The van der Waals surface area contributed by atoms with E-state index in [9.17, 15) is 0 Å². The van der Waals surface area contributed by atoms with Crippen molar-refractivity contribution in [2.75, 3.05) is 12.4 Å². The van der Waals surface area contributed by atoms with Crippen molar-refractivity contribution in [3.63, 3.8) is 0 Å². The number of fused-ring (bicyclic) bond motifs is 1. The Morgan fingerprint density at radius 2 is 1.88 bits per heavy atom. The highest BCUT2D eigenvalue weighted by atomic mass is 16.5. The summed E-state index contributed by atoms with van der Waals surface area (Å²) in [6, 6.07) is 7.87. The van der Waals surface area contributed by atoms with Crippen LogP contribution in [-0.4, -0.2) is 22.1 Å². The van der Waals surface area contributed by atoms with Gasteiger partial charge in [-0.15, -0.1) is 0 Å². The van der Waals surface area contributed by atoms with Crippen LogP contribution in [0.3, 0.4) is 0 Å². The molecule has 0 aliphatic heterocycles. The predicted molar refractivity (Wildman–Crippen MR) is 94.8 cm³/mol. The first-order chi connectivity index (χ1) is 11.8. The molecule has 122 valence electrons. The molecule has 1 aliphatic rings. The standard InChI is InChI=1S/C19H20N4O/c1-24-16-7-6-14-12-21-19(22-15-8-10-20-11-9-15)23-18(14)17(16)13-4-2-3-5-13/h6-13H,2-5H2,1H3,(H,20,21,22,23). The Labute approximate surface area is 141 Å².